The third kappa shape index (κ3) is 3.30. The van der Waals surface area contributed by atoms with Crippen LogP contribution in [-0.4, -0.2) is 81.3 Å². The van der Waals surface area contributed by atoms with Crippen molar-refractivity contribution < 1.29 is 4.79 Å². The summed E-state index contributed by atoms with van der Waals surface area (Å²) in [5.74, 6) is 1.18. The molecule has 0 spiro atoms. The van der Waals surface area contributed by atoms with Crippen LogP contribution in [0.25, 0.3) is 11.0 Å². The molecule has 8 heteroatoms. The van der Waals surface area contributed by atoms with Crippen molar-refractivity contribution in [2.45, 2.75) is 19.3 Å². The van der Waals surface area contributed by atoms with E-state index in [4.69, 9.17) is 0 Å². The Labute approximate surface area is 147 Å². The fraction of sp³-hybridized carbons (Fsp3) is 0.647. The summed E-state index contributed by atoms with van der Waals surface area (Å²) in [7, 11) is 1.89. The molecular formula is C17H25N7O. The van der Waals surface area contributed by atoms with Crippen molar-refractivity contribution in [2.75, 3.05) is 50.7 Å². The molecule has 0 unspecified atom stereocenters. The zero-order valence-corrected chi connectivity index (χ0v) is 14.8. The number of likely N-dealkylation sites (tertiary alicyclic amines) is 1. The van der Waals surface area contributed by atoms with E-state index in [0.29, 0.717) is 6.54 Å². The molecule has 25 heavy (non-hydrogen) atoms. The van der Waals surface area contributed by atoms with Crippen LogP contribution in [0.1, 0.15) is 19.3 Å². The van der Waals surface area contributed by atoms with Gasteiger partial charge in [0.05, 0.1) is 18.1 Å². The van der Waals surface area contributed by atoms with Crippen LogP contribution in [-0.2, 0) is 11.8 Å². The van der Waals surface area contributed by atoms with Crippen LogP contribution in [0.15, 0.2) is 12.5 Å². The number of aryl methyl sites for hydroxylation is 1. The lowest BCUT2D eigenvalue weighted by molar-refractivity contribution is -0.132. The van der Waals surface area contributed by atoms with E-state index in [9.17, 15) is 4.79 Å². The van der Waals surface area contributed by atoms with Gasteiger partial charge in [-0.05, 0) is 25.9 Å². The number of carbonyl (C=O) groups is 1. The maximum atomic E-state index is 12.6. The molecule has 0 saturated carbocycles. The van der Waals surface area contributed by atoms with Gasteiger partial charge in [-0.3, -0.25) is 14.4 Å². The Morgan fingerprint density at radius 3 is 2.56 bits per heavy atom. The fourth-order valence-corrected chi connectivity index (χ4v) is 3.78. The molecule has 2 aliphatic heterocycles. The predicted octanol–water partition coefficient (Wildman–Crippen LogP) is 0.498. The van der Waals surface area contributed by atoms with Crippen LogP contribution in [0.4, 0.5) is 5.82 Å². The van der Waals surface area contributed by atoms with Gasteiger partial charge in [0.25, 0.3) is 0 Å². The molecule has 2 aliphatic rings. The summed E-state index contributed by atoms with van der Waals surface area (Å²) in [6.07, 6.45) is 7.14. The zero-order chi connectivity index (χ0) is 17.2. The number of piperidine rings is 1. The molecule has 0 atom stereocenters. The number of fused-ring (bicyclic) bond motifs is 1. The second kappa shape index (κ2) is 6.95. The Bertz CT molecular complexity index is 745. The van der Waals surface area contributed by atoms with Gasteiger partial charge >= 0.3 is 0 Å². The van der Waals surface area contributed by atoms with Crippen molar-refractivity contribution in [2.24, 2.45) is 7.05 Å². The maximum Gasteiger partial charge on any atom is 0.236 e. The quantitative estimate of drug-likeness (QED) is 0.808. The molecule has 2 aromatic heterocycles. The first-order chi connectivity index (χ1) is 12.2. The molecular weight excluding hydrogens is 318 g/mol. The summed E-state index contributed by atoms with van der Waals surface area (Å²) < 4.78 is 1.76. The first-order valence-corrected chi connectivity index (χ1v) is 9.10. The van der Waals surface area contributed by atoms with Gasteiger partial charge < -0.3 is 9.80 Å². The molecule has 0 bridgehead atoms. The lowest BCUT2D eigenvalue weighted by Crippen LogP contribution is -2.51. The monoisotopic (exact) mass is 343 g/mol. The van der Waals surface area contributed by atoms with Gasteiger partial charge in [0.2, 0.25) is 5.91 Å². The highest BCUT2D eigenvalue weighted by molar-refractivity contribution is 5.86. The first kappa shape index (κ1) is 16.3. The minimum atomic E-state index is 0.260. The second-order valence-corrected chi connectivity index (χ2v) is 6.91. The van der Waals surface area contributed by atoms with E-state index in [-0.39, 0.29) is 5.91 Å². The molecule has 4 heterocycles. The Balaban J connectivity index is 1.38. The molecule has 8 nitrogen and oxygen atoms in total. The topological polar surface area (TPSA) is 70.4 Å². The lowest BCUT2D eigenvalue weighted by Gasteiger charge is -2.37. The molecule has 134 valence electrons. The summed E-state index contributed by atoms with van der Waals surface area (Å²) in [5.41, 5.74) is 0.841. The van der Waals surface area contributed by atoms with Gasteiger partial charge in [-0.15, -0.1) is 0 Å². The average Bonchev–Trinajstić information content (AvgIpc) is 3.04. The van der Waals surface area contributed by atoms with Crippen LogP contribution < -0.4 is 4.90 Å². The summed E-state index contributed by atoms with van der Waals surface area (Å²) in [6.45, 7) is 5.79. The van der Waals surface area contributed by atoms with Crippen LogP contribution in [0.2, 0.25) is 0 Å². The molecule has 0 aromatic carbocycles. The third-order valence-electron chi connectivity index (χ3n) is 5.25. The molecule has 0 aliphatic carbocycles. The van der Waals surface area contributed by atoms with Crippen LogP contribution in [0.3, 0.4) is 0 Å². The average molecular weight is 343 g/mol. The molecule has 2 fully saturated rings. The smallest absolute Gasteiger partial charge is 0.236 e. The van der Waals surface area contributed by atoms with E-state index in [0.717, 1.165) is 56.1 Å². The minimum absolute atomic E-state index is 0.260. The third-order valence-corrected chi connectivity index (χ3v) is 5.25. The highest BCUT2D eigenvalue weighted by Crippen LogP contribution is 2.23. The largest absolute Gasteiger partial charge is 0.352 e. The summed E-state index contributed by atoms with van der Waals surface area (Å²) in [4.78, 5) is 27.8. The Kier molecular flexibility index (Phi) is 4.52. The van der Waals surface area contributed by atoms with E-state index < -0.39 is 0 Å². The highest BCUT2D eigenvalue weighted by atomic mass is 16.2. The minimum Gasteiger partial charge on any atom is -0.352 e. The van der Waals surface area contributed by atoms with E-state index in [1.807, 2.05) is 18.1 Å². The summed E-state index contributed by atoms with van der Waals surface area (Å²) >= 11 is 0. The van der Waals surface area contributed by atoms with Crippen LogP contribution in [0, 0.1) is 0 Å². The SMILES string of the molecule is Cn1ncc2c(N3CCN(C(=O)CN4CCCCC4)CC3)ncnc21. The number of amides is 1. The molecule has 2 saturated heterocycles. The van der Waals surface area contributed by atoms with Gasteiger partial charge in [-0.25, -0.2) is 9.97 Å². The van der Waals surface area contributed by atoms with Crippen molar-refractivity contribution >= 4 is 22.8 Å². The highest BCUT2D eigenvalue weighted by Gasteiger charge is 2.25. The number of aromatic nitrogens is 4. The van der Waals surface area contributed by atoms with E-state index >= 15 is 0 Å². The van der Waals surface area contributed by atoms with Crippen LogP contribution >= 0.6 is 0 Å². The zero-order valence-electron chi connectivity index (χ0n) is 14.8. The van der Waals surface area contributed by atoms with Crippen molar-refractivity contribution in [3.8, 4) is 0 Å². The fourth-order valence-electron chi connectivity index (χ4n) is 3.78. The van der Waals surface area contributed by atoms with E-state index in [2.05, 4.69) is 24.9 Å². The van der Waals surface area contributed by atoms with Gasteiger partial charge in [-0.2, -0.15) is 5.10 Å². The maximum absolute atomic E-state index is 12.6. The second-order valence-electron chi connectivity index (χ2n) is 6.91. The van der Waals surface area contributed by atoms with Crippen LogP contribution in [0.5, 0.6) is 0 Å². The predicted molar refractivity (Wildman–Crippen MR) is 95.4 cm³/mol. The Morgan fingerprint density at radius 2 is 1.80 bits per heavy atom. The summed E-state index contributed by atoms with van der Waals surface area (Å²) in [6, 6.07) is 0. The van der Waals surface area contributed by atoms with E-state index in [1.165, 1.54) is 19.3 Å². The standard InChI is InChI=1S/C17H25N7O/c1-21-16-14(11-20-21)17(19-13-18-16)24-9-7-23(8-10-24)15(25)12-22-5-3-2-4-6-22/h11,13H,2-10,12H2,1H3. The Hall–Kier alpha value is -2.22. The number of piperazine rings is 1. The number of nitrogens with zero attached hydrogens (tertiary/aromatic N) is 7. The lowest BCUT2D eigenvalue weighted by atomic mass is 10.1. The van der Waals surface area contributed by atoms with Crippen molar-refractivity contribution in [1.82, 2.24) is 29.5 Å². The van der Waals surface area contributed by atoms with Crippen molar-refractivity contribution in [3.05, 3.63) is 12.5 Å². The van der Waals surface area contributed by atoms with Gasteiger partial charge in [0.1, 0.15) is 12.1 Å². The number of hydrogen-bond donors (Lipinski definition) is 0. The molecule has 1 amide bonds. The van der Waals surface area contributed by atoms with Gasteiger partial charge in [0, 0.05) is 33.2 Å². The van der Waals surface area contributed by atoms with Crippen molar-refractivity contribution in [1.29, 1.82) is 0 Å². The van der Waals surface area contributed by atoms with Crippen molar-refractivity contribution in [3.63, 3.8) is 0 Å². The first-order valence-electron chi connectivity index (χ1n) is 9.10. The number of anilines is 1. The number of carbonyl (C=O) groups excluding carboxylic acids is 1. The number of rotatable bonds is 3. The summed E-state index contributed by atoms with van der Waals surface area (Å²) in [5, 5.41) is 5.25. The van der Waals surface area contributed by atoms with Gasteiger partial charge in [-0.1, -0.05) is 6.42 Å². The van der Waals surface area contributed by atoms with E-state index in [1.54, 1.807) is 11.0 Å². The molecule has 0 radical (unpaired) electrons. The molecule has 4 rings (SSSR count). The Morgan fingerprint density at radius 1 is 1.04 bits per heavy atom. The molecule has 2 aromatic rings. The number of hydrogen-bond acceptors (Lipinski definition) is 6. The van der Waals surface area contributed by atoms with Gasteiger partial charge in [0.15, 0.2) is 5.65 Å². The molecule has 0 N–H and O–H groups in total. The normalized spacial score (nSPS) is 19.6.